The number of fused-ring (bicyclic) bond motifs is 1. The summed E-state index contributed by atoms with van der Waals surface area (Å²) in [6, 6.07) is 7.15. The SMILES string of the molecule is Cc1nc(-c2nn(C3CCC4(CCOC4=O)CC3)cc2-c2ccc3ncnn3c2)ccc1F. The number of aromatic nitrogens is 6. The number of aryl methyl sites for hydroxylation is 1. The van der Waals surface area contributed by atoms with Gasteiger partial charge in [-0.3, -0.25) is 9.48 Å². The average Bonchev–Trinajstić information content (AvgIpc) is 3.55. The first kappa shape index (κ1) is 20.0. The molecule has 4 aromatic heterocycles. The van der Waals surface area contributed by atoms with Gasteiger partial charge in [-0.1, -0.05) is 0 Å². The lowest BCUT2D eigenvalue weighted by atomic mass is 9.71. The van der Waals surface area contributed by atoms with Crippen molar-refractivity contribution in [3.63, 3.8) is 0 Å². The number of hydrogen-bond donors (Lipinski definition) is 0. The van der Waals surface area contributed by atoms with Crippen LogP contribution in [0, 0.1) is 18.2 Å². The zero-order valence-corrected chi connectivity index (χ0v) is 18.2. The fourth-order valence-electron chi connectivity index (χ4n) is 5.10. The van der Waals surface area contributed by atoms with Crippen LogP contribution in [0.2, 0.25) is 0 Å². The summed E-state index contributed by atoms with van der Waals surface area (Å²) < 4.78 is 22.9. The molecule has 2 fully saturated rings. The van der Waals surface area contributed by atoms with Gasteiger partial charge in [0.1, 0.15) is 17.8 Å². The Morgan fingerprint density at radius 3 is 2.73 bits per heavy atom. The standard InChI is InChI=1S/C24H23FN6O2/c1-15-19(25)3-4-20(28-15)22-18(16-2-5-21-26-14-27-31(21)12-16)13-30(29-22)17-6-8-24(9-7-17)10-11-33-23(24)32/h2-5,12-14,17H,6-11H2,1H3. The largest absolute Gasteiger partial charge is 0.465 e. The van der Waals surface area contributed by atoms with E-state index >= 15 is 0 Å². The fourth-order valence-corrected chi connectivity index (χ4v) is 5.10. The molecule has 8 nitrogen and oxygen atoms in total. The van der Waals surface area contributed by atoms with E-state index in [0.29, 0.717) is 23.7 Å². The Labute approximate surface area is 189 Å². The van der Waals surface area contributed by atoms with Crippen molar-refractivity contribution in [2.75, 3.05) is 6.61 Å². The summed E-state index contributed by atoms with van der Waals surface area (Å²) in [7, 11) is 0. The average molecular weight is 446 g/mol. The lowest BCUT2D eigenvalue weighted by Gasteiger charge is -2.33. The predicted molar refractivity (Wildman–Crippen MR) is 118 cm³/mol. The van der Waals surface area contributed by atoms with Crippen LogP contribution in [0.1, 0.15) is 43.8 Å². The number of nitrogens with zero attached hydrogens (tertiary/aromatic N) is 6. The van der Waals surface area contributed by atoms with Crippen LogP contribution in [0.25, 0.3) is 28.2 Å². The number of cyclic esters (lactones) is 1. The minimum Gasteiger partial charge on any atom is -0.465 e. The van der Waals surface area contributed by atoms with Crippen LogP contribution >= 0.6 is 0 Å². The first-order valence-electron chi connectivity index (χ1n) is 11.2. The highest BCUT2D eigenvalue weighted by Crippen LogP contribution is 2.47. The van der Waals surface area contributed by atoms with E-state index in [2.05, 4.69) is 15.1 Å². The Kier molecular flexibility index (Phi) is 4.53. The van der Waals surface area contributed by atoms with Crippen molar-refractivity contribution in [3.8, 4) is 22.5 Å². The van der Waals surface area contributed by atoms with Gasteiger partial charge in [0.15, 0.2) is 5.65 Å². The van der Waals surface area contributed by atoms with E-state index in [1.807, 2.05) is 29.2 Å². The number of rotatable bonds is 3. The third-order valence-corrected chi connectivity index (χ3v) is 7.11. The third-order valence-electron chi connectivity index (χ3n) is 7.11. The summed E-state index contributed by atoms with van der Waals surface area (Å²) >= 11 is 0. The van der Waals surface area contributed by atoms with Crippen LogP contribution in [-0.4, -0.2) is 41.9 Å². The molecule has 1 aliphatic carbocycles. The van der Waals surface area contributed by atoms with Gasteiger partial charge in [0.2, 0.25) is 0 Å². The molecule has 1 spiro atoms. The molecule has 0 atom stereocenters. The van der Waals surface area contributed by atoms with E-state index in [1.54, 1.807) is 17.5 Å². The Morgan fingerprint density at radius 2 is 1.97 bits per heavy atom. The number of carbonyl (C=O) groups is 1. The van der Waals surface area contributed by atoms with Crippen molar-refractivity contribution in [2.24, 2.45) is 5.41 Å². The second kappa shape index (κ2) is 7.47. The Balaban J connectivity index is 1.40. The minimum atomic E-state index is -0.343. The molecule has 0 amide bonds. The molecule has 0 aromatic carbocycles. The molecule has 0 N–H and O–H groups in total. The maximum atomic E-state index is 13.9. The van der Waals surface area contributed by atoms with Crippen LogP contribution in [0.5, 0.6) is 0 Å². The van der Waals surface area contributed by atoms with Gasteiger partial charge in [0.25, 0.3) is 0 Å². The Bertz CT molecular complexity index is 1370. The summed E-state index contributed by atoms with van der Waals surface area (Å²) in [5.41, 5.74) is 3.90. The predicted octanol–water partition coefficient (Wildman–Crippen LogP) is 4.15. The van der Waals surface area contributed by atoms with E-state index in [1.165, 1.54) is 12.4 Å². The van der Waals surface area contributed by atoms with Crippen LogP contribution in [0.3, 0.4) is 0 Å². The van der Waals surface area contributed by atoms with Crippen molar-refractivity contribution in [1.82, 2.24) is 29.4 Å². The number of carbonyl (C=O) groups excluding carboxylic acids is 1. The Hall–Kier alpha value is -3.62. The van der Waals surface area contributed by atoms with Crippen molar-refractivity contribution < 1.29 is 13.9 Å². The first-order chi connectivity index (χ1) is 16.0. The van der Waals surface area contributed by atoms with Gasteiger partial charge in [-0.15, -0.1) is 0 Å². The van der Waals surface area contributed by atoms with E-state index in [9.17, 15) is 9.18 Å². The molecule has 4 aromatic rings. The maximum Gasteiger partial charge on any atom is 0.312 e. The second-order valence-corrected chi connectivity index (χ2v) is 9.01. The van der Waals surface area contributed by atoms with Gasteiger partial charge in [-0.25, -0.2) is 18.9 Å². The summed E-state index contributed by atoms with van der Waals surface area (Å²) in [5, 5.41) is 9.17. The van der Waals surface area contributed by atoms with E-state index in [-0.39, 0.29) is 23.2 Å². The number of halogens is 1. The third kappa shape index (κ3) is 3.30. The van der Waals surface area contributed by atoms with E-state index < -0.39 is 0 Å². The zero-order chi connectivity index (χ0) is 22.6. The van der Waals surface area contributed by atoms with Crippen molar-refractivity contribution in [1.29, 1.82) is 0 Å². The molecule has 0 radical (unpaired) electrons. The van der Waals surface area contributed by atoms with Gasteiger partial charge >= 0.3 is 5.97 Å². The molecule has 168 valence electrons. The van der Waals surface area contributed by atoms with Crippen LogP contribution in [-0.2, 0) is 9.53 Å². The highest BCUT2D eigenvalue weighted by atomic mass is 19.1. The summed E-state index contributed by atoms with van der Waals surface area (Å²) in [6.07, 6.45) is 9.59. The van der Waals surface area contributed by atoms with Gasteiger partial charge < -0.3 is 4.74 Å². The molecule has 1 saturated carbocycles. The van der Waals surface area contributed by atoms with E-state index in [4.69, 9.17) is 9.84 Å². The van der Waals surface area contributed by atoms with Gasteiger partial charge in [-0.05, 0) is 63.3 Å². The number of pyridine rings is 2. The Morgan fingerprint density at radius 1 is 1.12 bits per heavy atom. The highest BCUT2D eigenvalue weighted by Gasteiger charge is 2.47. The molecule has 9 heteroatoms. The lowest BCUT2D eigenvalue weighted by molar-refractivity contribution is -0.148. The first-order valence-corrected chi connectivity index (χ1v) is 11.2. The topological polar surface area (TPSA) is 87.2 Å². The quantitative estimate of drug-likeness (QED) is 0.440. The molecule has 33 heavy (non-hydrogen) atoms. The van der Waals surface area contributed by atoms with Crippen molar-refractivity contribution in [2.45, 2.75) is 45.1 Å². The molecule has 0 unspecified atom stereocenters. The van der Waals surface area contributed by atoms with Crippen molar-refractivity contribution >= 4 is 11.6 Å². The summed E-state index contributed by atoms with van der Waals surface area (Å²) in [5.74, 6) is -0.389. The van der Waals surface area contributed by atoms with Gasteiger partial charge in [-0.2, -0.15) is 10.2 Å². The van der Waals surface area contributed by atoms with Gasteiger partial charge in [0, 0.05) is 23.5 Å². The summed E-state index contributed by atoms with van der Waals surface area (Å²) in [4.78, 5) is 20.9. The molecule has 1 saturated heterocycles. The number of hydrogen-bond acceptors (Lipinski definition) is 6. The zero-order valence-electron chi connectivity index (χ0n) is 18.2. The van der Waals surface area contributed by atoms with Crippen LogP contribution < -0.4 is 0 Å². The normalized spacial score (nSPS) is 22.8. The fraction of sp³-hybridized carbons (Fsp3) is 0.375. The molecule has 2 aliphatic rings. The van der Waals surface area contributed by atoms with Crippen LogP contribution in [0.4, 0.5) is 4.39 Å². The molecular formula is C24H23FN6O2. The van der Waals surface area contributed by atoms with Crippen LogP contribution in [0.15, 0.2) is 43.0 Å². The molecular weight excluding hydrogens is 423 g/mol. The molecule has 0 bridgehead atoms. The second-order valence-electron chi connectivity index (χ2n) is 9.01. The molecule has 6 rings (SSSR count). The monoisotopic (exact) mass is 446 g/mol. The smallest absolute Gasteiger partial charge is 0.312 e. The van der Waals surface area contributed by atoms with Gasteiger partial charge in [0.05, 0.1) is 29.5 Å². The molecule has 1 aliphatic heterocycles. The van der Waals surface area contributed by atoms with E-state index in [0.717, 1.165) is 48.9 Å². The highest BCUT2D eigenvalue weighted by molar-refractivity contribution is 5.79. The minimum absolute atomic E-state index is 0.0464. The maximum absolute atomic E-state index is 13.9. The number of esters is 1. The lowest BCUT2D eigenvalue weighted by Crippen LogP contribution is -2.32. The summed E-state index contributed by atoms with van der Waals surface area (Å²) in [6.45, 7) is 2.18. The van der Waals surface area contributed by atoms with Crippen molar-refractivity contribution in [3.05, 3.63) is 54.5 Å². The number of ether oxygens (including phenoxy) is 1. The molecule has 5 heterocycles.